The number of ether oxygens (including phenoxy) is 1. The fourth-order valence-corrected chi connectivity index (χ4v) is 3.01. The summed E-state index contributed by atoms with van der Waals surface area (Å²) in [6.07, 6.45) is 0. The number of aryl methyl sites for hydroxylation is 2. The van der Waals surface area contributed by atoms with E-state index in [2.05, 4.69) is 5.16 Å². The van der Waals surface area contributed by atoms with Crippen LogP contribution in [0, 0.1) is 13.8 Å². The number of benzene rings is 1. The summed E-state index contributed by atoms with van der Waals surface area (Å²) in [6.45, 7) is 4.77. The summed E-state index contributed by atoms with van der Waals surface area (Å²) in [5, 5.41) is 4.08. The fourth-order valence-electron chi connectivity index (χ4n) is 2.68. The predicted molar refractivity (Wildman–Crippen MR) is 92.2 cm³/mol. The van der Waals surface area contributed by atoms with E-state index in [1.54, 1.807) is 13.8 Å². The summed E-state index contributed by atoms with van der Waals surface area (Å²) in [5.41, 5.74) is 1.46. The number of rotatable bonds is 4. The first-order valence-corrected chi connectivity index (χ1v) is 8.43. The van der Waals surface area contributed by atoms with Crippen LogP contribution in [-0.2, 0) is 16.1 Å². The molecule has 0 spiro atoms. The quantitative estimate of drug-likeness (QED) is 0.581. The zero-order valence-electron chi connectivity index (χ0n) is 14.1. The molecule has 0 saturated carbocycles. The second-order valence-electron chi connectivity index (χ2n) is 5.88. The van der Waals surface area contributed by atoms with Gasteiger partial charge < -0.3 is 9.26 Å². The molecule has 7 nitrogen and oxygen atoms in total. The lowest BCUT2D eigenvalue weighted by Gasteiger charge is -2.20. The zero-order chi connectivity index (χ0) is 19.2. The number of fused-ring (bicyclic) bond motifs is 1. The Bertz CT molecular complexity index is 877. The van der Waals surface area contributed by atoms with Gasteiger partial charge in [-0.25, -0.2) is 4.79 Å². The lowest BCUT2D eigenvalue weighted by Crippen LogP contribution is -2.43. The molecule has 0 radical (unpaired) electrons. The van der Waals surface area contributed by atoms with Crippen LogP contribution in [0.4, 0.5) is 0 Å². The number of amides is 2. The highest BCUT2D eigenvalue weighted by Gasteiger charge is 2.42. The topological polar surface area (TPSA) is 89.7 Å². The van der Waals surface area contributed by atoms with Crippen molar-refractivity contribution in [2.24, 2.45) is 0 Å². The number of imide groups is 1. The van der Waals surface area contributed by atoms with Crippen molar-refractivity contribution in [3.8, 4) is 0 Å². The van der Waals surface area contributed by atoms with Crippen LogP contribution in [0.15, 0.2) is 16.7 Å². The van der Waals surface area contributed by atoms with E-state index in [0.29, 0.717) is 17.0 Å². The Morgan fingerprint density at radius 3 is 2.19 bits per heavy atom. The number of hydrogen-bond acceptors (Lipinski definition) is 6. The number of carbonyl (C=O) groups is 3. The third-order valence-electron chi connectivity index (χ3n) is 4.23. The molecule has 1 aromatic carbocycles. The summed E-state index contributed by atoms with van der Waals surface area (Å²) >= 11 is 11.8. The van der Waals surface area contributed by atoms with Crippen LogP contribution in [0.1, 0.15) is 44.7 Å². The maximum Gasteiger partial charge on any atom is 0.329 e. The maximum atomic E-state index is 12.5. The van der Waals surface area contributed by atoms with Gasteiger partial charge in [-0.3, -0.25) is 14.5 Å². The Morgan fingerprint density at radius 1 is 1.19 bits per heavy atom. The number of esters is 1. The number of hydrogen-bond donors (Lipinski definition) is 0. The van der Waals surface area contributed by atoms with Gasteiger partial charge >= 0.3 is 5.97 Å². The minimum absolute atomic E-state index is 0.0643. The average molecular weight is 397 g/mol. The third kappa shape index (κ3) is 2.97. The van der Waals surface area contributed by atoms with E-state index >= 15 is 0 Å². The largest absolute Gasteiger partial charge is 0.459 e. The van der Waals surface area contributed by atoms with Crippen LogP contribution in [0.3, 0.4) is 0 Å². The third-order valence-corrected chi connectivity index (χ3v) is 4.95. The Kier molecular flexibility index (Phi) is 4.77. The van der Waals surface area contributed by atoms with Gasteiger partial charge in [-0.05, 0) is 32.9 Å². The number of halogens is 2. The van der Waals surface area contributed by atoms with Gasteiger partial charge in [-0.15, -0.1) is 0 Å². The molecule has 26 heavy (non-hydrogen) atoms. The monoisotopic (exact) mass is 396 g/mol. The van der Waals surface area contributed by atoms with Gasteiger partial charge in [-0.1, -0.05) is 28.4 Å². The van der Waals surface area contributed by atoms with E-state index in [0.717, 1.165) is 4.90 Å². The molecule has 0 unspecified atom stereocenters. The van der Waals surface area contributed by atoms with Gasteiger partial charge in [0.2, 0.25) is 0 Å². The molecule has 9 heteroatoms. The molecule has 1 aliphatic heterocycles. The van der Waals surface area contributed by atoms with Gasteiger partial charge in [0.25, 0.3) is 11.8 Å². The van der Waals surface area contributed by atoms with E-state index in [-0.39, 0.29) is 27.8 Å². The molecule has 2 amide bonds. The zero-order valence-corrected chi connectivity index (χ0v) is 15.6. The molecule has 0 saturated heterocycles. The average Bonchev–Trinajstić information content (AvgIpc) is 3.03. The molecule has 0 N–H and O–H groups in total. The summed E-state index contributed by atoms with van der Waals surface area (Å²) in [7, 11) is 0. The molecule has 136 valence electrons. The predicted octanol–water partition coefficient (Wildman–Crippen LogP) is 3.33. The SMILES string of the molecule is Cc1noc(C)c1COC(=O)[C@@H](C)N1C(=O)c2cc(Cl)c(Cl)cc2C1=O. The van der Waals surface area contributed by atoms with Crippen molar-refractivity contribution in [3.63, 3.8) is 0 Å². The molecular formula is C17H14Cl2N2O5. The van der Waals surface area contributed by atoms with E-state index in [1.165, 1.54) is 19.1 Å². The summed E-state index contributed by atoms with van der Waals surface area (Å²) in [6, 6.07) is 1.53. The van der Waals surface area contributed by atoms with E-state index in [4.69, 9.17) is 32.5 Å². The lowest BCUT2D eigenvalue weighted by atomic mass is 10.1. The van der Waals surface area contributed by atoms with Crippen molar-refractivity contribution in [1.82, 2.24) is 10.1 Å². The van der Waals surface area contributed by atoms with Gasteiger partial charge in [0.1, 0.15) is 18.4 Å². The van der Waals surface area contributed by atoms with Crippen molar-refractivity contribution in [2.75, 3.05) is 0 Å². The molecule has 0 fully saturated rings. The van der Waals surface area contributed by atoms with Gasteiger partial charge in [0, 0.05) is 0 Å². The summed E-state index contributed by atoms with van der Waals surface area (Å²) in [5.74, 6) is -1.43. The van der Waals surface area contributed by atoms with Gasteiger partial charge in [-0.2, -0.15) is 0 Å². The van der Waals surface area contributed by atoms with E-state index < -0.39 is 23.8 Å². The Hall–Kier alpha value is -2.38. The van der Waals surface area contributed by atoms with Crippen LogP contribution in [0.25, 0.3) is 0 Å². The number of carbonyl (C=O) groups excluding carboxylic acids is 3. The van der Waals surface area contributed by atoms with Gasteiger partial charge in [0.15, 0.2) is 0 Å². The molecular weight excluding hydrogens is 383 g/mol. The second-order valence-corrected chi connectivity index (χ2v) is 6.69. The highest BCUT2D eigenvalue weighted by atomic mass is 35.5. The lowest BCUT2D eigenvalue weighted by molar-refractivity contribution is -0.149. The first kappa shape index (κ1) is 18.4. The first-order chi connectivity index (χ1) is 12.2. The van der Waals surface area contributed by atoms with Crippen molar-refractivity contribution < 1.29 is 23.6 Å². The minimum Gasteiger partial charge on any atom is -0.459 e. The van der Waals surface area contributed by atoms with Crippen molar-refractivity contribution in [1.29, 1.82) is 0 Å². The van der Waals surface area contributed by atoms with Gasteiger partial charge in [0.05, 0.1) is 32.4 Å². The Morgan fingerprint density at radius 2 is 1.73 bits per heavy atom. The Labute approximate surface area is 158 Å². The van der Waals surface area contributed by atoms with Crippen molar-refractivity contribution in [2.45, 2.75) is 33.4 Å². The van der Waals surface area contributed by atoms with Crippen LogP contribution in [0.5, 0.6) is 0 Å². The number of aromatic nitrogens is 1. The molecule has 0 bridgehead atoms. The first-order valence-electron chi connectivity index (χ1n) is 7.67. The molecule has 3 rings (SSSR count). The smallest absolute Gasteiger partial charge is 0.329 e. The van der Waals surface area contributed by atoms with Crippen molar-refractivity contribution in [3.05, 3.63) is 50.3 Å². The second kappa shape index (κ2) is 6.74. The molecule has 0 aliphatic carbocycles. The molecule has 2 aromatic rings. The standard InChI is InChI=1S/C17H14Cl2N2O5/c1-7-12(9(3)26-20-7)6-25-17(24)8(2)21-15(22)10-4-13(18)14(19)5-11(10)16(21)23/h4-5,8H,6H2,1-3H3/t8-/m1/s1. The Balaban J connectivity index is 1.77. The normalized spacial score (nSPS) is 14.6. The molecule has 2 heterocycles. The van der Waals surface area contributed by atoms with Crippen LogP contribution >= 0.6 is 23.2 Å². The highest BCUT2D eigenvalue weighted by molar-refractivity contribution is 6.43. The molecule has 1 aromatic heterocycles. The van der Waals surface area contributed by atoms with Crippen LogP contribution in [0.2, 0.25) is 10.0 Å². The van der Waals surface area contributed by atoms with Crippen LogP contribution < -0.4 is 0 Å². The van der Waals surface area contributed by atoms with E-state index in [9.17, 15) is 14.4 Å². The molecule has 1 atom stereocenters. The van der Waals surface area contributed by atoms with Crippen LogP contribution in [-0.4, -0.2) is 33.9 Å². The maximum absolute atomic E-state index is 12.5. The fraction of sp³-hybridized carbons (Fsp3) is 0.294. The summed E-state index contributed by atoms with van der Waals surface area (Å²) in [4.78, 5) is 38.2. The summed E-state index contributed by atoms with van der Waals surface area (Å²) < 4.78 is 10.2. The van der Waals surface area contributed by atoms with Crippen molar-refractivity contribution >= 4 is 41.0 Å². The molecule has 1 aliphatic rings. The highest BCUT2D eigenvalue weighted by Crippen LogP contribution is 2.32. The number of nitrogens with zero attached hydrogens (tertiary/aromatic N) is 2. The minimum atomic E-state index is -1.11. The van der Waals surface area contributed by atoms with E-state index in [1.807, 2.05) is 0 Å².